The van der Waals surface area contributed by atoms with E-state index in [9.17, 15) is 14.4 Å². The molecule has 2 aliphatic rings. The van der Waals surface area contributed by atoms with Crippen LogP contribution in [-0.2, 0) is 14.3 Å². The van der Waals surface area contributed by atoms with E-state index >= 15 is 4.39 Å². The second-order valence-corrected chi connectivity index (χ2v) is 9.29. The van der Waals surface area contributed by atoms with Crippen molar-refractivity contribution in [1.82, 2.24) is 5.32 Å². The summed E-state index contributed by atoms with van der Waals surface area (Å²) in [5.74, 6) is -1.42. The first-order chi connectivity index (χ1) is 18.9. The van der Waals surface area contributed by atoms with Gasteiger partial charge in [0.2, 0.25) is 6.17 Å². The minimum absolute atomic E-state index is 0.0102. The number of rotatable bonds is 6. The quantitative estimate of drug-likeness (QED) is 0.449. The molecule has 39 heavy (non-hydrogen) atoms. The van der Waals surface area contributed by atoms with Crippen LogP contribution in [0.1, 0.15) is 18.1 Å². The molecule has 2 aliphatic heterocycles. The number of benzene rings is 3. The van der Waals surface area contributed by atoms with Gasteiger partial charge in [0.15, 0.2) is 0 Å². The Morgan fingerprint density at radius 2 is 1.79 bits per heavy atom. The molecule has 0 saturated heterocycles. The maximum absolute atomic E-state index is 15.1. The number of para-hydroxylation sites is 1. The zero-order valence-electron chi connectivity index (χ0n) is 21.0. The Kier molecular flexibility index (Phi) is 7.47. The van der Waals surface area contributed by atoms with Crippen molar-refractivity contribution in [2.45, 2.75) is 13.1 Å². The fourth-order valence-corrected chi connectivity index (χ4v) is 4.78. The Labute approximate surface area is 229 Å². The van der Waals surface area contributed by atoms with Crippen LogP contribution in [0.15, 0.2) is 71.7 Å². The van der Waals surface area contributed by atoms with Crippen LogP contribution in [0.2, 0.25) is 5.02 Å². The number of esters is 1. The number of ether oxygens (including phenoxy) is 1. The average Bonchev–Trinajstić information content (AvgIpc) is 3.03. The van der Waals surface area contributed by atoms with Crippen LogP contribution >= 0.6 is 11.6 Å². The van der Waals surface area contributed by atoms with Gasteiger partial charge in [-0.15, -0.1) is 0 Å². The Hall–Kier alpha value is -4.44. The molecule has 3 aromatic rings. The number of carbonyl (C=O) groups excluding carboxylic acids is 3. The first kappa shape index (κ1) is 26.2. The lowest BCUT2D eigenvalue weighted by molar-refractivity contribution is -0.141. The maximum Gasteiger partial charge on any atom is 0.325 e. The Morgan fingerprint density at radius 3 is 2.54 bits per heavy atom. The summed E-state index contributed by atoms with van der Waals surface area (Å²) in [5, 5.41) is 5.79. The minimum atomic E-state index is -1.34. The van der Waals surface area contributed by atoms with Gasteiger partial charge in [0.25, 0.3) is 5.91 Å². The van der Waals surface area contributed by atoms with Gasteiger partial charge in [-0.25, -0.2) is 14.2 Å². The molecule has 9 nitrogen and oxygen atoms in total. The van der Waals surface area contributed by atoms with Crippen LogP contribution < -0.4 is 20.4 Å². The van der Waals surface area contributed by atoms with E-state index in [0.717, 1.165) is 0 Å². The van der Waals surface area contributed by atoms with Crippen LogP contribution in [0.25, 0.3) is 0 Å². The second-order valence-electron chi connectivity index (χ2n) is 8.86. The minimum Gasteiger partial charge on any atom is -0.465 e. The highest BCUT2D eigenvalue weighted by Crippen LogP contribution is 2.39. The Morgan fingerprint density at radius 1 is 1.05 bits per heavy atom. The summed E-state index contributed by atoms with van der Waals surface area (Å²) in [6.45, 7) is 2.54. The van der Waals surface area contributed by atoms with Crippen molar-refractivity contribution in [3.05, 3.63) is 88.7 Å². The third-order valence-electron chi connectivity index (χ3n) is 6.36. The Bertz CT molecular complexity index is 1460. The predicted molar refractivity (Wildman–Crippen MR) is 147 cm³/mol. The van der Waals surface area contributed by atoms with E-state index in [4.69, 9.17) is 16.3 Å². The molecule has 2 N–H and O–H groups in total. The van der Waals surface area contributed by atoms with E-state index in [0.29, 0.717) is 34.2 Å². The molecule has 0 saturated carbocycles. The molecule has 3 aromatic carbocycles. The van der Waals surface area contributed by atoms with Crippen molar-refractivity contribution in [2.24, 2.45) is 4.99 Å². The van der Waals surface area contributed by atoms with E-state index in [1.807, 2.05) is 4.90 Å². The van der Waals surface area contributed by atoms with E-state index in [-0.39, 0.29) is 31.0 Å². The topological polar surface area (TPSA) is 103 Å². The number of nitrogens with one attached hydrogen (secondary N) is 2. The summed E-state index contributed by atoms with van der Waals surface area (Å²) < 4.78 is 20.2. The van der Waals surface area contributed by atoms with Gasteiger partial charge in [-0.2, -0.15) is 0 Å². The lowest BCUT2D eigenvalue weighted by Crippen LogP contribution is -2.52. The zero-order valence-corrected chi connectivity index (χ0v) is 21.7. The van der Waals surface area contributed by atoms with Crippen LogP contribution in [0.3, 0.4) is 0 Å². The number of amides is 3. The summed E-state index contributed by atoms with van der Waals surface area (Å²) in [6.07, 6.45) is -1.34. The number of aliphatic imine (C=N–C) groups is 1. The van der Waals surface area contributed by atoms with Crippen molar-refractivity contribution in [1.29, 1.82) is 0 Å². The van der Waals surface area contributed by atoms with Gasteiger partial charge >= 0.3 is 12.0 Å². The molecule has 200 valence electrons. The smallest absolute Gasteiger partial charge is 0.325 e. The van der Waals surface area contributed by atoms with Crippen molar-refractivity contribution in [3.8, 4) is 0 Å². The molecule has 0 aromatic heterocycles. The number of anilines is 3. The number of urea groups is 1. The molecule has 1 atom stereocenters. The SMILES string of the molecule is CCOC(=O)CN1CCN2C(=O)C(NC(=O)Nc3ccc(Cl)cc3)N=C(c3ccccc3F)c3cccc1c32. The zero-order chi connectivity index (χ0) is 27.5. The lowest BCUT2D eigenvalue weighted by Gasteiger charge is -2.38. The van der Waals surface area contributed by atoms with Gasteiger partial charge in [0.1, 0.15) is 12.4 Å². The molecule has 0 radical (unpaired) electrons. The normalized spacial score (nSPS) is 16.1. The first-order valence-electron chi connectivity index (χ1n) is 12.4. The average molecular weight is 550 g/mol. The number of nitrogens with zero attached hydrogens (tertiary/aromatic N) is 3. The summed E-state index contributed by atoms with van der Waals surface area (Å²) in [6, 6.07) is 17.2. The molecule has 3 amide bonds. The molecule has 0 fully saturated rings. The second kappa shape index (κ2) is 11.1. The monoisotopic (exact) mass is 549 g/mol. The van der Waals surface area contributed by atoms with Gasteiger partial charge < -0.3 is 25.2 Å². The highest BCUT2D eigenvalue weighted by atomic mass is 35.5. The highest BCUT2D eigenvalue weighted by molar-refractivity contribution is 6.30. The van der Waals surface area contributed by atoms with E-state index in [1.165, 1.54) is 11.0 Å². The summed E-state index contributed by atoms with van der Waals surface area (Å²) in [7, 11) is 0. The summed E-state index contributed by atoms with van der Waals surface area (Å²) in [4.78, 5) is 46.9. The van der Waals surface area contributed by atoms with Gasteiger partial charge in [-0.3, -0.25) is 9.59 Å². The van der Waals surface area contributed by atoms with E-state index in [1.54, 1.807) is 67.6 Å². The van der Waals surface area contributed by atoms with Crippen LogP contribution in [0, 0.1) is 5.82 Å². The van der Waals surface area contributed by atoms with Crippen molar-refractivity contribution >= 4 is 52.3 Å². The predicted octanol–water partition coefficient (Wildman–Crippen LogP) is 4.19. The molecular formula is C28H25ClFN5O4. The molecule has 0 aliphatic carbocycles. The molecular weight excluding hydrogens is 525 g/mol. The summed E-state index contributed by atoms with van der Waals surface area (Å²) in [5.41, 5.74) is 2.44. The van der Waals surface area contributed by atoms with Crippen LogP contribution in [0.4, 0.5) is 26.2 Å². The number of hydrogen-bond acceptors (Lipinski definition) is 6. The highest BCUT2D eigenvalue weighted by Gasteiger charge is 2.38. The number of hydrogen-bond donors (Lipinski definition) is 2. The van der Waals surface area contributed by atoms with Gasteiger partial charge in [0.05, 0.1) is 23.7 Å². The fourth-order valence-electron chi connectivity index (χ4n) is 4.65. The molecule has 2 heterocycles. The molecule has 5 rings (SSSR count). The Balaban J connectivity index is 1.55. The third-order valence-corrected chi connectivity index (χ3v) is 6.61. The van der Waals surface area contributed by atoms with Crippen molar-refractivity contribution in [3.63, 3.8) is 0 Å². The van der Waals surface area contributed by atoms with Crippen molar-refractivity contribution in [2.75, 3.05) is 41.4 Å². The molecule has 0 bridgehead atoms. The van der Waals surface area contributed by atoms with Crippen LogP contribution in [0.5, 0.6) is 0 Å². The number of carbonyl (C=O) groups is 3. The largest absolute Gasteiger partial charge is 0.465 e. The lowest BCUT2D eigenvalue weighted by atomic mass is 9.97. The molecule has 1 unspecified atom stereocenters. The maximum atomic E-state index is 15.1. The molecule has 11 heteroatoms. The number of halogens is 2. The van der Waals surface area contributed by atoms with Gasteiger partial charge in [-0.1, -0.05) is 35.9 Å². The summed E-state index contributed by atoms with van der Waals surface area (Å²) >= 11 is 5.92. The van der Waals surface area contributed by atoms with Gasteiger partial charge in [-0.05, 0) is 49.4 Å². The van der Waals surface area contributed by atoms with E-state index < -0.39 is 29.9 Å². The first-order valence-corrected chi connectivity index (χ1v) is 12.7. The third kappa shape index (κ3) is 5.42. The fraction of sp³-hybridized carbons (Fsp3) is 0.214. The van der Waals surface area contributed by atoms with Crippen LogP contribution in [-0.4, -0.2) is 56.0 Å². The van der Waals surface area contributed by atoms with Gasteiger partial charge in [0, 0.05) is 34.9 Å². The van der Waals surface area contributed by atoms with E-state index in [2.05, 4.69) is 15.6 Å². The molecule has 0 spiro atoms. The standard InChI is InChI=1S/C28H25ClFN5O4/c1-2-39-23(36)16-34-14-15-35-25-20(7-5-9-22(25)34)24(19-6-3-4-8-21(19)30)32-26(27(35)37)33-28(38)31-18-12-10-17(29)11-13-18/h3-13,26H,2,14-16H2,1H3,(H2,31,33,38). The van der Waals surface area contributed by atoms with Crippen molar-refractivity contribution < 1.29 is 23.5 Å².